The van der Waals surface area contributed by atoms with E-state index in [1.807, 2.05) is 6.92 Å². The third kappa shape index (κ3) is 4.16. The molecule has 1 rings (SSSR count). The van der Waals surface area contributed by atoms with Crippen molar-refractivity contribution in [1.82, 2.24) is 9.03 Å². The van der Waals surface area contributed by atoms with Gasteiger partial charge in [0.05, 0.1) is 19.3 Å². The van der Waals surface area contributed by atoms with Crippen LogP contribution in [0.15, 0.2) is 0 Å². The first-order valence-corrected chi connectivity index (χ1v) is 7.02. The van der Waals surface area contributed by atoms with Crippen molar-refractivity contribution in [3.63, 3.8) is 0 Å². The number of nitrogens with one attached hydrogen (secondary N) is 1. The molecule has 1 aliphatic rings. The summed E-state index contributed by atoms with van der Waals surface area (Å²) in [6.45, 7) is 3.39. The molecule has 17 heavy (non-hydrogen) atoms. The third-order valence-electron chi connectivity index (χ3n) is 2.61. The minimum atomic E-state index is -3.48. The van der Waals surface area contributed by atoms with Gasteiger partial charge in [0.2, 0.25) is 0 Å². The Hall–Kier alpha value is -0.250. The van der Waals surface area contributed by atoms with Crippen molar-refractivity contribution in [3.05, 3.63) is 0 Å². The Kier molecular flexibility index (Phi) is 5.77. The highest BCUT2D eigenvalue weighted by molar-refractivity contribution is 7.87. The zero-order chi connectivity index (χ0) is 12.9. The van der Waals surface area contributed by atoms with Crippen LogP contribution in [0.1, 0.15) is 6.92 Å². The van der Waals surface area contributed by atoms with Crippen molar-refractivity contribution in [2.24, 2.45) is 5.73 Å². The molecular formula is C9H21N3O4S. The first-order chi connectivity index (χ1) is 8.01. The lowest BCUT2D eigenvalue weighted by Crippen LogP contribution is -2.56. The van der Waals surface area contributed by atoms with Crippen LogP contribution in [0.5, 0.6) is 0 Å². The van der Waals surface area contributed by atoms with Gasteiger partial charge >= 0.3 is 0 Å². The van der Waals surface area contributed by atoms with Crippen molar-refractivity contribution in [2.45, 2.75) is 19.1 Å². The Balaban J connectivity index is 2.61. The lowest BCUT2D eigenvalue weighted by molar-refractivity contribution is -0.0224. The van der Waals surface area contributed by atoms with E-state index in [0.29, 0.717) is 26.3 Å². The normalized spacial score (nSPS) is 27.2. The van der Waals surface area contributed by atoms with Gasteiger partial charge in [-0.05, 0) is 6.92 Å². The summed E-state index contributed by atoms with van der Waals surface area (Å²) >= 11 is 0. The molecule has 7 nitrogen and oxygen atoms in total. The van der Waals surface area contributed by atoms with Gasteiger partial charge in [-0.25, -0.2) is 0 Å². The highest BCUT2D eigenvalue weighted by Gasteiger charge is 2.33. The molecule has 0 aromatic carbocycles. The van der Waals surface area contributed by atoms with Crippen LogP contribution in [0, 0.1) is 0 Å². The van der Waals surface area contributed by atoms with Crippen molar-refractivity contribution in [2.75, 3.05) is 40.0 Å². The fraction of sp³-hybridized carbons (Fsp3) is 1.00. The second kappa shape index (κ2) is 6.62. The molecule has 1 aliphatic heterocycles. The number of hydrogen-bond acceptors (Lipinski definition) is 5. The molecule has 0 aromatic rings. The maximum atomic E-state index is 12.0. The molecular weight excluding hydrogens is 246 g/mol. The van der Waals surface area contributed by atoms with Gasteiger partial charge < -0.3 is 15.2 Å². The molecule has 1 heterocycles. The molecule has 3 N–H and O–H groups in total. The fourth-order valence-electron chi connectivity index (χ4n) is 1.63. The number of hydrogen-bond donors (Lipinski definition) is 2. The molecule has 2 atom stereocenters. The molecule has 0 aliphatic carbocycles. The monoisotopic (exact) mass is 267 g/mol. The number of ether oxygens (including phenoxy) is 2. The van der Waals surface area contributed by atoms with Gasteiger partial charge in [0.25, 0.3) is 10.2 Å². The van der Waals surface area contributed by atoms with Crippen molar-refractivity contribution >= 4 is 10.2 Å². The van der Waals surface area contributed by atoms with Gasteiger partial charge in [-0.1, -0.05) is 0 Å². The summed E-state index contributed by atoms with van der Waals surface area (Å²) in [6.07, 6.45) is -0.231. The van der Waals surface area contributed by atoms with Crippen molar-refractivity contribution in [1.29, 1.82) is 0 Å². The summed E-state index contributed by atoms with van der Waals surface area (Å²) in [5.41, 5.74) is 5.49. The second-order valence-corrected chi connectivity index (χ2v) is 5.71. The zero-order valence-corrected chi connectivity index (χ0v) is 11.1. The average Bonchev–Trinajstić information content (AvgIpc) is 2.29. The summed E-state index contributed by atoms with van der Waals surface area (Å²) in [4.78, 5) is 0. The summed E-state index contributed by atoms with van der Waals surface area (Å²) in [6, 6.07) is -0.183. The van der Waals surface area contributed by atoms with Crippen LogP contribution in [0.3, 0.4) is 0 Å². The van der Waals surface area contributed by atoms with Crippen molar-refractivity contribution < 1.29 is 17.9 Å². The van der Waals surface area contributed by atoms with E-state index in [4.69, 9.17) is 15.2 Å². The summed E-state index contributed by atoms with van der Waals surface area (Å²) < 4.78 is 38.1. The Bertz CT molecular complexity index is 322. The van der Waals surface area contributed by atoms with E-state index in [-0.39, 0.29) is 18.7 Å². The third-order valence-corrected chi connectivity index (χ3v) is 4.31. The van der Waals surface area contributed by atoms with Crippen molar-refractivity contribution in [3.8, 4) is 0 Å². The highest BCUT2D eigenvalue weighted by Crippen LogP contribution is 2.14. The number of morpholine rings is 1. The predicted octanol–water partition coefficient (Wildman–Crippen LogP) is -1.48. The predicted molar refractivity (Wildman–Crippen MR) is 63.8 cm³/mol. The second-order valence-electron chi connectivity index (χ2n) is 4.00. The standard InChI is InChI=1S/C9H21N3O4S/c1-8-7-16-9(5-10)6-12(8)17(13,14)11-3-4-15-2/h8-9,11H,3-7,10H2,1-2H3. The molecule has 0 amide bonds. The van der Waals surface area contributed by atoms with Crippen LogP contribution in [-0.4, -0.2) is 64.8 Å². The number of rotatable bonds is 6. The molecule has 0 aromatic heterocycles. The molecule has 0 saturated carbocycles. The number of nitrogens with two attached hydrogens (primary N) is 1. The number of methoxy groups -OCH3 is 1. The Morgan fingerprint density at radius 3 is 2.88 bits per heavy atom. The zero-order valence-electron chi connectivity index (χ0n) is 10.3. The lowest BCUT2D eigenvalue weighted by atomic mass is 10.2. The molecule has 8 heteroatoms. The topological polar surface area (TPSA) is 93.9 Å². The van der Waals surface area contributed by atoms with Gasteiger partial charge in [-0.15, -0.1) is 0 Å². The van der Waals surface area contributed by atoms with Gasteiger partial charge in [-0.2, -0.15) is 17.4 Å². The van der Waals surface area contributed by atoms with Crippen LogP contribution in [0.2, 0.25) is 0 Å². The van der Waals surface area contributed by atoms with Crippen LogP contribution in [0.4, 0.5) is 0 Å². The molecule has 0 radical (unpaired) electrons. The molecule has 102 valence electrons. The maximum Gasteiger partial charge on any atom is 0.279 e. The maximum absolute atomic E-state index is 12.0. The van der Waals surface area contributed by atoms with Gasteiger partial charge in [0.1, 0.15) is 0 Å². The Labute approximate surface area is 102 Å². The van der Waals surface area contributed by atoms with Crippen LogP contribution < -0.4 is 10.5 Å². The lowest BCUT2D eigenvalue weighted by Gasteiger charge is -2.36. The first kappa shape index (κ1) is 14.8. The molecule has 1 fully saturated rings. The summed E-state index contributed by atoms with van der Waals surface area (Å²) in [5, 5.41) is 0. The summed E-state index contributed by atoms with van der Waals surface area (Å²) in [7, 11) is -1.96. The molecule has 2 unspecified atom stereocenters. The molecule has 0 bridgehead atoms. The quantitative estimate of drug-likeness (QED) is 0.572. The highest BCUT2D eigenvalue weighted by atomic mass is 32.2. The fourth-order valence-corrected chi connectivity index (χ4v) is 3.03. The Morgan fingerprint density at radius 1 is 1.59 bits per heavy atom. The van der Waals surface area contributed by atoms with E-state index in [0.717, 1.165) is 0 Å². The van der Waals surface area contributed by atoms with Crippen LogP contribution >= 0.6 is 0 Å². The van der Waals surface area contributed by atoms with E-state index in [1.165, 1.54) is 11.4 Å². The molecule has 1 saturated heterocycles. The van der Waals surface area contributed by atoms with E-state index in [1.54, 1.807) is 0 Å². The SMILES string of the molecule is COCCNS(=O)(=O)N1CC(CN)OCC1C. The minimum Gasteiger partial charge on any atom is -0.383 e. The van der Waals surface area contributed by atoms with E-state index in [2.05, 4.69) is 4.72 Å². The van der Waals surface area contributed by atoms with E-state index >= 15 is 0 Å². The largest absolute Gasteiger partial charge is 0.383 e. The average molecular weight is 267 g/mol. The van der Waals surface area contributed by atoms with Gasteiger partial charge in [-0.3, -0.25) is 0 Å². The van der Waals surface area contributed by atoms with Gasteiger partial charge in [0.15, 0.2) is 0 Å². The summed E-state index contributed by atoms with van der Waals surface area (Å²) in [5.74, 6) is 0. The van der Waals surface area contributed by atoms with Crippen LogP contribution in [-0.2, 0) is 19.7 Å². The van der Waals surface area contributed by atoms with E-state index in [9.17, 15) is 8.42 Å². The van der Waals surface area contributed by atoms with E-state index < -0.39 is 10.2 Å². The minimum absolute atomic E-state index is 0.183. The first-order valence-electron chi connectivity index (χ1n) is 5.58. The molecule has 0 spiro atoms. The van der Waals surface area contributed by atoms with Crippen LogP contribution in [0.25, 0.3) is 0 Å². The number of nitrogens with zero attached hydrogens (tertiary/aromatic N) is 1. The smallest absolute Gasteiger partial charge is 0.279 e. The van der Waals surface area contributed by atoms with Gasteiger partial charge in [0, 0.05) is 32.8 Å². The Morgan fingerprint density at radius 2 is 2.29 bits per heavy atom.